The zero-order valence-electron chi connectivity index (χ0n) is 14.0. The number of amides is 1. The van der Waals surface area contributed by atoms with E-state index in [0.717, 1.165) is 62.6 Å². The van der Waals surface area contributed by atoms with Crippen molar-refractivity contribution in [1.29, 1.82) is 0 Å². The summed E-state index contributed by atoms with van der Waals surface area (Å²) in [5.41, 5.74) is 0. The van der Waals surface area contributed by atoms with Crippen molar-refractivity contribution in [2.45, 2.75) is 12.8 Å². The van der Waals surface area contributed by atoms with Crippen LogP contribution in [0.1, 0.15) is 12.8 Å². The van der Waals surface area contributed by atoms with Crippen LogP contribution < -0.4 is 4.74 Å². The zero-order chi connectivity index (χ0) is 16.8. The number of hydrogen-bond donors (Lipinski definition) is 0. The molecule has 1 atom stereocenters. The van der Waals surface area contributed by atoms with Crippen LogP contribution in [0.3, 0.4) is 0 Å². The molecule has 3 rings (SSSR count). The largest absolute Gasteiger partial charge is 0.484 e. The standard InChI is InChI=1S/C18H25BrN2O3/c19-16-3-5-17(6-4-16)24-14-18(22)21-7-1-2-15(13-21)12-20-8-10-23-11-9-20/h3-6,15H,1-2,7-14H2. The molecule has 0 N–H and O–H groups in total. The molecule has 6 heteroatoms. The number of morpholine rings is 1. The second-order valence-electron chi connectivity index (χ2n) is 6.50. The van der Waals surface area contributed by atoms with E-state index in [1.54, 1.807) is 0 Å². The summed E-state index contributed by atoms with van der Waals surface area (Å²) in [7, 11) is 0. The Morgan fingerprint density at radius 3 is 2.71 bits per heavy atom. The molecule has 0 spiro atoms. The Morgan fingerprint density at radius 2 is 1.96 bits per heavy atom. The minimum atomic E-state index is 0.0876. The fourth-order valence-corrected chi connectivity index (χ4v) is 3.62. The molecule has 24 heavy (non-hydrogen) atoms. The summed E-state index contributed by atoms with van der Waals surface area (Å²) in [5, 5.41) is 0. The third-order valence-corrected chi connectivity index (χ3v) is 5.20. The van der Waals surface area contributed by atoms with Crippen molar-refractivity contribution in [2.24, 2.45) is 5.92 Å². The van der Waals surface area contributed by atoms with Gasteiger partial charge in [0.2, 0.25) is 0 Å². The summed E-state index contributed by atoms with van der Waals surface area (Å²) >= 11 is 3.39. The lowest BCUT2D eigenvalue weighted by molar-refractivity contribution is -0.135. The molecule has 5 nitrogen and oxygen atoms in total. The number of halogens is 1. The van der Waals surface area contributed by atoms with Gasteiger partial charge in [0.1, 0.15) is 5.75 Å². The number of likely N-dealkylation sites (tertiary alicyclic amines) is 1. The Balaban J connectivity index is 1.44. The van der Waals surface area contributed by atoms with Crippen LogP contribution in [-0.2, 0) is 9.53 Å². The second-order valence-corrected chi connectivity index (χ2v) is 7.42. The molecule has 0 radical (unpaired) electrons. The van der Waals surface area contributed by atoms with Gasteiger partial charge >= 0.3 is 0 Å². The minimum absolute atomic E-state index is 0.0876. The van der Waals surface area contributed by atoms with Gasteiger partial charge in [-0.3, -0.25) is 9.69 Å². The van der Waals surface area contributed by atoms with Crippen LogP contribution in [0.25, 0.3) is 0 Å². The maximum Gasteiger partial charge on any atom is 0.260 e. The summed E-state index contributed by atoms with van der Waals surface area (Å²) in [4.78, 5) is 16.9. The highest BCUT2D eigenvalue weighted by atomic mass is 79.9. The molecular weight excluding hydrogens is 372 g/mol. The lowest BCUT2D eigenvalue weighted by Crippen LogP contribution is -2.47. The lowest BCUT2D eigenvalue weighted by Gasteiger charge is -2.36. The van der Waals surface area contributed by atoms with E-state index in [1.165, 1.54) is 6.42 Å². The number of hydrogen-bond acceptors (Lipinski definition) is 4. The molecular formula is C18H25BrN2O3. The molecule has 2 aliphatic rings. The van der Waals surface area contributed by atoms with Crippen LogP contribution in [0.4, 0.5) is 0 Å². The van der Waals surface area contributed by atoms with Gasteiger partial charge in [-0.1, -0.05) is 15.9 Å². The van der Waals surface area contributed by atoms with Crippen molar-refractivity contribution in [3.63, 3.8) is 0 Å². The maximum absolute atomic E-state index is 12.4. The second kappa shape index (κ2) is 8.83. The SMILES string of the molecule is O=C(COc1ccc(Br)cc1)N1CCCC(CN2CCOCC2)C1. The Kier molecular flexibility index (Phi) is 6.51. The number of ether oxygens (including phenoxy) is 2. The van der Waals surface area contributed by atoms with E-state index in [1.807, 2.05) is 29.2 Å². The van der Waals surface area contributed by atoms with Gasteiger partial charge in [0, 0.05) is 37.2 Å². The highest BCUT2D eigenvalue weighted by Crippen LogP contribution is 2.19. The molecule has 2 aliphatic heterocycles. The average Bonchev–Trinajstić information content (AvgIpc) is 2.62. The zero-order valence-corrected chi connectivity index (χ0v) is 15.5. The smallest absolute Gasteiger partial charge is 0.260 e. The van der Waals surface area contributed by atoms with E-state index >= 15 is 0 Å². The Labute approximate surface area is 152 Å². The summed E-state index contributed by atoms with van der Waals surface area (Å²) in [6.45, 7) is 6.57. The molecule has 2 saturated heterocycles. The molecule has 0 bridgehead atoms. The highest BCUT2D eigenvalue weighted by molar-refractivity contribution is 9.10. The minimum Gasteiger partial charge on any atom is -0.484 e. The molecule has 1 aromatic rings. The van der Waals surface area contributed by atoms with Gasteiger partial charge in [0.25, 0.3) is 5.91 Å². The highest BCUT2D eigenvalue weighted by Gasteiger charge is 2.26. The van der Waals surface area contributed by atoms with Crippen molar-refractivity contribution in [1.82, 2.24) is 9.80 Å². The van der Waals surface area contributed by atoms with E-state index in [9.17, 15) is 4.79 Å². The van der Waals surface area contributed by atoms with Crippen LogP contribution in [0.15, 0.2) is 28.7 Å². The number of piperidine rings is 1. The van der Waals surface area contributed by atoms with Crippen molar-refractivity contribution >= 4 is 21.8 Å². The lowest BCUT2D eigenvalue weighted by atomic mass is 9.97. The van der Waals surface area contributed by atoms with Gasteiger partial charge in [0.15, 0.2) is 6.61 Å². The summed E-state index contributed by atoms with van der Waals surface area (Å²) in [6, 6.07) is 7.57. The first kappa shape index (κ1) is 17.7. The van der Waals surface area contributed by atoms with E-state index in [2.05, 4.69) is 20.8 Å². The molecule has 0 aliphatic carbocycles. The normalized spacial score (nSPS) is 22.4. The first-order chi connectivity index (χ1) is 11.7. The number of carbonyl (C=O) groups is 1. The fourth-order valence-electron chi connectivity index (χ4n) is 3.36. The topological polar surface area (TPSA) is 42.0 Å². The Hall–Kier alpha value is -1.11. The molecule has 1 unspecified atom stereocenters. The number of nitrogens with zero attached hydrogens (tertiary/aromatic N) is 2. The summed E-state index contributed by atoms with van der Waals surface area (Å²) < 4.78 is 12.0. The first-order valence-electron chi connectivity index (χ1n) is 8.67. The van der Waals surface area contributed by atoms with Crippen molar-refractivity contribution in [3.8, 4) is 5.75 Å². The van der Waals surface area contributed by atoms with E-state index in [-0.39, 0.29) is 12.5 Å². The monoisotopic (exact) mass is 396 g/mol. The summed E-state index contributed by atoms with van der Waals surface area (Å²) in [5.74, 6) is 1.38. The van der Waals surface area contributed by atoms with Gasteiger partial charge < -0.3 is 14.4 Å². The molecule has 1 aromatic carbocycles. The van der Waals surface area contributed by atoms with Gasteiger partial charge in [-0.15, -0.1) is 0 Å². The third kappa shape index (κ3) is 5.19. The van der Waals surface area contributed by atoms with Crippen LogP contribution in [0, 0.1) is 5.92 Å². The van der Waals surface area contributed by atoms with Gasteiger partial charge in [-0.25, -0.2) is 0 Å². The molecule has 2 fully saturated rings. The van der Waals surface area contributed by atoms with Crippen molar-refractivity contribution < 1.29 is 14.3 Å². The van der Waals surface area contributed by atoms with Crippen LogP contribution in [0.2, 0.25) is 0 Å². The molecule has 0 aromatic heterocycles. The quantitative estimate of drug-likeness (QED) is 0.766. The maximum atomic E-state index is 12.4. The fraction of sp³-hybridized carbons (Fsp3) is 0.611. The summed E-state index contributed by atoms with van der Waals surface area (Å²) in [6.07, 6.45) is 2.29. The third-order valence-electron chi connectivity index (χ3n) is 4.67. The number of carbonyl (C=O) groups excluding carboxylic acids is 1. The number of rotatable bonds is 5. The van der Waals surface area contributed by atoms with Crippen LogP contribution in [0.5, 0.6) is 5.75 Å². The van der Waals surface area contributed by atoms with Gasteiger partial charge in [-0.2, -0.15) is 0 Å². The van der Waals surface area contributed by atoms with Crippen molar-refractivity contribution in [2.75, 3.05) is 52.5 Å². The molecule has 2 heterocycles. The Bertz CT molecular complexity index is 532. The van der Waals surface area contributed by atoms with E-state index < -0.39 is 0 Å². The van der Waals surface area contributed by atoms with Crippen molar-refractivity contribution in [3.05, 3.63) is 28.7 Å². The molecule has 1 amide bonds. The predicted octanol–water partition coefficient (Wildman–Crippen LogP) is 2.40. The molecule has 132 valence electrons. The first-order valence-corrected chi connectivity index (χ1v) is 9.46. The number of benzene rings is 1. The van der Waals surface area contributed by atoms with Gasteiger partial charge in [-0.05, 0) is 43.0 Å². The van der Waals surface area contributed by atoms with Crippen LogP contribution >= 0.6 is 15.9 Å². The Morgan fingerprint density at radius 1 is 1.21 bits per heavy atom. The van der Waals surface area contributed by atoms with Gasteiger partial charge in [0.05, 0.1) is 13.2 Å². The van der Waals surface area contributed by atoms with Crippen LogP contribution in [-0.4, -0.2) is 68.3 Å². The van der Waals surface area contributed by atoms with E-state index in [0.29, 0.717) is 5.92 Å². The molecule has 0 saturated carbocycles. The average molecular weight is 397 g/mol. The van der Waals surface area contributed by atoms with E-state index in [4.69, 9.17) is 9.47 Å². The predicted molar refractivity (Wildman–Crippen MR) is 96.2 cm³/mol.